The number of aromatic hydroxyl groups is 1. The Kier molecular flexibility index (Phi) is 2.36. The number of ketones is 1. The summed E-state index contributed by atoms with van der Waals surface area (Å²) in [5, 5.41) is 10.3. The third-order valence-electron chi connectivity index (χ3n) is 7.03. The maximum atomic E-state index is 13.1. The number of likely N-dealkylation sites (N-methyl/N-ethyl adjacent to an activating group) is 1. The van der Waals surface area contributed by atoms with Gasteiger partial charge in [0.15, 0.2) is 23.4 Å². The van der Waals surface area contributed by atoms with Gasteiger partial charge in [0.1, 0.15) is 0 Å². The molecular formula is C19H23NO3. The predicted octanol–water partition coefficient (Wildman–Crippen LogP) is 2.27. The van der Waals surface area contributed by atoms with Gasteiger partial charge < -0.3 is 14.7 Å². The molecule has 1 N–H and O–H groups in total. The molecule has 0 amide bonds. The summed E-state index contributed by atoms with van der Waals surface area (Å²) in [5.74, 6) is 1.41. The van der Waals surface area contributed by atoms with E-state index in [9.17, 15) is 9.90 Å². The molecule has 1 saturated heterocycles. The summed E-state index contributed by atoms with van der Waals surface area (Å²) in [6.45, 7) is 5.10. The van der Waals surface area contributed by atoms with Crippen molar-refractivity contribution in [1.29, 1.82) is 0 Å². The topological polar surface area (TPSA) is 49.8 Å². The van der Waals surface area contributed by atoms with Gasteiger partial charge in [-0.15, -0.1) is 0 Å². The molecule has 2 aliphatic heterocycles. The van der Waals surface area contributed by atoms with Crippen LogP contribution < -0.4 is 4.74 Å². The van der Waals surface area contributed by atoms with Crippen molar-refractivity contribution in [1.82, 2.24) is 4.90 Å². The molecule has 4 nitrogen and oxygen atoms in total. The maximum Gasteiger partial charge on any atom is 0.179 e. The number of phenolic OH excluding ortho intramolecular Hbond substituents is 1. The molecule has 4 aliphatic rings. The smallest absolute Gasteiger partial charge is 0.179 e. The van der Waals surface area contributed by atoms with Crippen molar-refractivity contribution in [2.24, 2.45) is 11.3 Å². The lowest BCUT2D eigenvalue weighted by molar-refractivity contribution is -0.152. The van der Waals surface area contributed by atoms with E-state index in [-0.39, 0.29) is 22.4 Å². The number of likely N-dealkylation sites (tertiary alicyclic amines) is 1. The Morgan fingerprint density at radius 3 is 2.91 bits per heavy atom. The molecule has 122 valence electrons. The molecule has 0 aromatic heterocycles. The monoisotopic (exact) mass is 313 g/mol. The summed E-state index contributed by atoms with van der Waals surface area (Å²) in [6.07, 6.45) is 2.43. The van der Waals surface area contributed by atoms with Gasteiger partial charge in [0, 0.05) is 22.4 Å². The molecule has 23 heavy (non-hydrogen) atoms. The Morgan fingerprint density at radius 2 is 2.13 bits per heavy atom. The molecule has 2 aliphatic carbocycles. The Hall–Kier alpha value is -1.55. The summed E-state index contributed by atoms with van der Waals surface area (Å²) in [7, 11) is 2.21. The average molecular weight is 313 g/mol. The standard InChI is InChI=1S/C19H23NO3/c1-18(2)9-11-12-8-10-4-5-13(21)15-14(10)19(11,6-7-20(12)3)17(23-15)16(18)22/h4-5,11-12,17,21H,6-9H2,1-3H3/t11-,12+,17-,19-/m0/s1. The molecule has 1 saturated carbocycles. The number of hydrogen-bond donors (Lipinski definition) is 1. The van der Waals surface area contributed by atoms with Crippen LogP contribution in [0.25, 0.3) is 0 Å². The molecule has 4 atom stereocenters. The van der Waals surface area contributed by atoms with E-state index >= 15 is 0 Å². The molecule has 2 fully saturated rings. The normalized spacial score (nSPS) is 39.8. The highest BCUT2D eigenvalue weighted by atomic mass is 16.5. The molecule has 5 rings (SSSR count). The zero-order valence-electron chi connectivity index (χ0n) is 13.9. The highest BCUT2D eigenvalue weighted by Crippen LogP contribution is 2.65. The maximum absolute atomic E-state index is 13.1. The number of piperidine rings is 1. The van der Waals surface area contributed by atoms with Gasteiger partial charge in [-0.3, -0.25) is 4.79 Å². The summed E-state index contributed by atoms with van der Waals surface area (Å²) in [5.41, 5.74) is 1.84. The van der Waals surface area contributed by atoms with Crippen LogP contribution in [0.1, 0.15) is 37.8 Å². The van der Waals surface area contributed by atoms with Crippen LogP contribution in [0.3, 0.4) is 0 Å². The summed E-state index contributed by atoms with van der Waals surface area (Å²) < 4.78 is 6.17. The van der Waals surface area contributed by atoms with Crippen molar-refractivity contribution in [2.75, 3.05) is 13.6 Å². The zero-order chi connectivity index (χ0) is 16.1. The zero-order valence-corrected chi connectivity index (χ0v) is 13.9. The highest BCUT2D eigenvalue weighted by Gasteiger charge is 2.68. The van der Waals surface area contributed by atoms with Gasteiger partial charge in [0.25, 0.3) is 0 Å². The van der Waals surface area contributed by atoms with Crippen molar-refractivity contribution < 1.29 is 14.6 Å². The van der Waals surface area contributed by atoms with Crippen LogP contribution in [0, 0.1) is 11.3 Å². The Labute approximate surface area is 136 Å². The van der Waals surface area contributed by atoms with Crippen molar-refractivity contribution in [3.05, 3.63) is 23.3 Å². The molecular weight excluding hydrogens is 290 g/mol. The van der Waals surface area contributed by atoms with Crippen LogP contribution in [0.5, 0.6) is 11.5 Å². The average Bonchev–Trinajstić information content (AvgIpc) is 2.84. The first kappa shape index (κ1) is 13.8. The third-order valence-corrected chi connectivity index (χ3v) is 7.03. The first-order chi connectivity index (χ1) is 10.9. The fraction of sp³-hybridized carbons (Fsp3) is 0.632. The Morgan fingerprint density at radius 1 is 1.35 bits per heavy atom. The van der Waals surface area contributed by atoms with E-state index in [4.69, 9.17) is 4.74 Å². The molecule has 4 heteroatoms. The fourth-order valence-corrected chi connectivity index (χ4v) is 5.90. The Bertz CT molecular complexity index is 740. The number of ether oxygens (including phenoxy) is 1. The highest BCUT2D eigenvalue weighted by molar-refractivity contribution is 5.93. The molecule has 0 radical (unpaired) electrons. The first-order valence-corrected chi connectivity index (χ1v) is 8.63. The minimum absolute atomic E-state index is 0.189. The summed E-state index contributed by atoms with van der Waals surface area (Å²) >= 11 is 0. The molecule has 2 bridgehead atoms. The van der Waals surface area contributed by atoms with Crippen molar-refractivity contribution in [2.45, 2.75) is 50.7 Å². The van der Waals surface area contributed by atoms with E-state index < -0.39 is 6.10 Å². The van der Waals surface area contributed by atoms with Gasteiger partial charge in [-0.2, -0.15) is 0 Å². The van der Waals surface area contributed by atoms with E-state index in [1.165, 1.54) is 5.56 Å². The summed E-state index contributed by atoms with van der Waals surface area (Å²) in [4.78, 5) is 15.6. The molecule has 1 aromatic rings. The molecule has 0 unspecified atom stereocenters. The van der Waals surface area contributed by atoms with E-state index in [0.29, 0.717) is 17.7 Å². The third kappa shape index (κ3) is 1.40. The van der Waals surface area contributed by atoms with Crippen molar-refractivity contribution >= 4 is 5.78 Å². The quantitative estimate of drug-likeness (QED) is 0.798. The number of carbonyl (C=O) groups is 1. The van der Waals surface area contributed by atoms with Gasteiger partial charge >= 0.3 is 0 Å². The lowest BCUT2D eigenvalue weighted by atomic mass is 9.48. The number of hydrogen-bond acceptors (Lipinski definition) is 4. The Balaban J connectivity index is 1.82. The van der Waals surface area contributed by atoms with Gasteiger partial charge in [0.2, 0.25) is 0 Å². The largest absolute Gasteiger partial charge is 0.504 e. The molecule has 2 heterocycles. The van der Waals surface area contributed by atoms with E-state index in [1.807, 2.05) is 6.07 Å². The lowest BCUT2D eigenvalue weighted by Crippen LogP contribution is -2.68. The molecule has 1 aromatic carbocycles. The number of Topliss-reactive ketones (excluding diaryl/α,β-unsaturated/α-hetero) is 1. The number of benzene rings is 1. The number of rotatable bonds is 0. The van der Waals surface area contributed by atoms with E-state index in [2.05, 4.69) is 25.8 Å². The second kappa shape index (κ2) is 3.92. The van der Waals surface area contributed by atoms with Crippen LogP contribution in [-0.4, -0.2) is 41.5 Å². The number of phenols is 1. The predicted molar refractivity (Wildman–Crippen MR) is 85.8 cm³/mol. The fourth-order valence-electron chi connectivity index (χ4n) is 5.90. The summed E-state index contributed by atoms with van der Waals surface area (Å²) in [6, 6.07) is 4.23. The first-order valence-electron chi connectivity index (χ1n) is 8.63. The van der Waals surface area contributed by atoms with Gasteiger partial charge in [-0.1, -0.05) is 19.9 Å². The van der Waals surface area contributed by atoms with E-state index in [0.717, 1.165) is 31.4 Å². The number of carbonyl (C=O) groups excluding carboxylic acids is 1. The molecule has 1 spiro atoms. The lowest BCUT2D eigenvalue weighted by Gasteiger charge is -2.59. The van der Waals surface area contributed by atoms with Crippen LogP contribution in [-0.2, 0) is 16.6 Å². The van der Waals surface area contributed by atoms with E-state index in [1.54, 1.807) is 6.07 Å². The van der Waals surface area contributed by atoms with Crippen LogP contribution in [0.2, 0.25) is 0 Å². The minimum atomic E-state index is -0.421. The van der Waals surface area contributed by atoms with Gasteiger partial charge in [-0.05, 0) is 50.4 Å². The van der Waals surface area contributed by atoms with Crippen molar-refractivity contribution in [3.8, 4) is 11.5 Å². The minimum Gasteiger partial charge on any atom is -0.504 e. The van der Waals surface area contributed by atoms with Gasteiger partial charge in [-0.25, -0.2) is 0 Å². The number of nitrogens with zero attached hydrogens (tertiary/aromatic N) is 1. The van der Waals surface area contributed by atoms with Crippen molar-refractivity contribution in [3.63, 3.8) is 0 Å². The van der Waals surface area contributed by atoms with Crippen LogP contribution in [0.15, 0.2) is 12.1 Å². The van der Waals surface area contributed by atoms with Crippen LogP contribution >= 0.6 is 0 Å². The second-order valence-corrected chi connectivity index (χ2v) is 8.55. The second-order valence-electron chi connectivity index (χ2n) is 8.55. The van der Waals surface area contributed by atoms with Gasteiger partial charge in [0.05, 0.1) is 0 Å². The SMILES string of the molecule is CN1CC[C@]23c4c5ccc(O)c4O[C@H]2C(=O)C(C)(C)C[C@H]3[C@H]1C5. The van der Waals surface area contributed by atoms with Crippen LogP contribution in [0.4, 0.5) is 0 Å².